The Kier molecular flexibility index (Phi) is 7.50. The van der Waals surface area contributed by atoms with Crippen molar-refractivity contribution in [2.45, 2.75) is 63.2 Å². The minimum absolute atomic E-state index is 0.00797. The molecule has 38 heavy (non-hydrogen) atoms. The van der Waals surface area contributed by atoms with Crippen LogP contribution in [-0.4, -0.2) is 70.6 Å². The van der Waals surface area contributed by atoms with Gasteiger partial charge in [0.25, 0.3) is 5.91 Å². The maximum absolute atomic E-state index is 13.2. The molecule has 1 aliphatic carbocycles. The van der Waals surface area contributed by atoms with Gasteiger partial charge in [0, 0.05) is 37.1 Å². The highest BCUT2D eigenvalue weighted by molar-refractivity contribution is 7.09. The molecule has 11 heteroatoms. The molecule has 0 saturated carbocycles. The largest absolute Gasteiger partial charge is 0.409 e. The molecule has 1 fully saturated rings. The number of carbonyl (C=O) groups is 2. The normalized spacial score (nSPS) is 22.8. The molecule has 2 aliphatic heterocycles. The van der Waals surface area contributed by atoms with Crippen LogP contribution in [0.15, 0.2) is 41.4 Å². The van der Waals surface area contributed by atoms with Crippen LogP contribution in [0.3, 0.4) is 0 Å². The molecule has 1 N–H and O–H groups in total. The van der Waals surface area contributed by atoms with E-state index in [2.05, 4.69) is 22.4 Å². The van der Waals surface area contributed by atoms with Crippen molar-refractivity contribution >= 4 is 23.2 Å². The molecule has 3 aliphatic rings. The van der Waals surface area contributed by atoms with Gasteiger partial charge in [-0.25, -0.2) is 9.99 Å². The first-order chi connectivity index (χ1) is 18.1. The second-order valence-corrected chi connectivity index (χ2v) is 11.2. The lowest BCUT2D eigenvalue weighted by molar-refractivity contribution is -0.188. The zero-order valence-corrected chi connectivity index (χ0v) is 22.3. The van der Waals surface area contributed by atoms with Crippen molar-refractivity contribution in [2.75, 3.05) is 26.7 Å². The van der Waals surface area contributed by atoms with Crippen LogP contribution < -0.4 is 5.32 Å². The number of benzene rings is 1. The van der Waals surface area contributed by atoms with Gasteiger partial charge in [0.1, 0.15) is 18.3 Å². The molecule has 0 spiro atoms. The van der Waals surface area contributed by atoms with Crippen molar-refractivity contribution in [3.8, 4) is 0 Å². The minimum atomic E-state index is -4.39. The first kappa shape index (κ1) is 26.7. The molecule has 0 radical (unpaired) electrons. The second-order valence-electron chi connectivity index (χ2n) is 10.3. The maximum Gasteiger partial charge on any atom is 0.409 e. The smallest absolute Gasteiger partial charge is 0.344 e. The van der Waals surface area contributed by atoms with E-state index >= 15 is 0 Å². The molecule has 5 rings (SSSR count). The van der Waals surface area contributed by atoms with Crippen LogP contribution in [-0.2, 0) is 11.2 Å². The van der Waals surface area contributed by atoms with E-state index in [1.807, 2.05) is 12.1 Å². The molecule has 2 atom stereocenters. The number of fused-ring (bicyclic) bond motifs is 1. The number of hydrogen-bond donors (Lipinski definition) is 1. The van der Waals surface area contributed by atoms with Gasteiger partial charge in [-0.3, -0.25) is 9.59 Å². The number of likely N-dealkylation sites (N-methyl/N-ethyl adjacent to an activating group) is 1. The van der Waals surface area contributed by atoms with E-state index in [0.29, 0.717) is 37.3 Å². The van der Waals surface area contributed by atoms with Gasteiger partial charge < -0.3 is 15.2 Å². The number of allylic oxidation sites excluding steroid dienone is 1. The number of nitrogens with zero attached hydrogens (tertiary/aromatic N) is 4. The summed E-state index contributed by atoms with van der Waals surface area (Å²) < 4.78 is 39.7. The first-order valence-corrected chi connectivity index (χ1v) is 13.9. The van der Waals surface area contributed by atoms with Crippen LogP contribution in [0.1, 0.15) is 71.2 Å². The summed E-state index contributed by atoms with van der Waals surface area (Å²) >= 11 is 1.47. The van der Waals surface area contributed by atoms with Gasteiger partial charge in [-0.2, -0.15) is 13.2 Å². The number of amides is 2. The number of nitrogens with one attached hydrogen (secondary N) is 1. The minimum Gasteiger partial charge on any atom is -0.344 e. The molecule has 1 aromatic carbocycles. The SMILES string of the molecule is CC1=CC(C(F)(F)F)N(C)N1CC(=O)N1CCC(c2nc(C(=O)NC3CCCc4ccccc43)cs2)CC1. The molecule has 7 nitrogen and oxygen atoms in total. The summed E-state index contributed by atoms with van der Waals surface area (Å²) in [5, 5.41) is 8.31. The van der Waals surface area contributed by atoms with Crippen LogP contribution in [0, 0.1) is 0 Å². The monoisotopic (exact) mass is 547 g/mol. The van der Waals surface area contributed by atoms with E-state index in [0.717, 1.165) is 35.4 Å². The Morgan fingerprint density at radius 2 is 1.89 bits per heavy atom. The van der Waals surface area contributed by atoms with Crippen molar-refractivity contribution < 1.29 is 22.8 Å². The fraction of sp³-hybridized carbons (Fsp3) is 0.519. The third kappa shape index (κ3) is 5.44. The Balaban J connectivity index is 1.14. The van der Waals surface area contributed by atoms with Crippen molar-refractivity contribution in [2.24, 2.45) is 0 Å². The lowest BCUT2D eigenvalue weighted by Crippen LogP contribution is -2.50. The standard InChI is InChI=1S/C27H32F3N5O2S/c1-17-14-23(27(28,29)30)33(2)35(17)15-24(36)34-12-10-19(11-13-34)26-32-22(16-38-26)25(37)31-21-9-5-7-18-6-3-4-8-20(18)21/h3-4,6,8,14,16,19,21,23H,5,7,9-13,15H2,1-2H3,(H,31,37). The quantitative estimate of drug-likeness (QED) is 0.590. The van der Waals surface area contributed by atoms with Gasteiger partial charge in [0.2, 0.25) is 5.91 Å². The van der Waals surface area contributed by atoms with E-state index in [9.17, 15) is 22.8 Å². The highest BCUT2D eigenvalue weighted by Crippen LogP contribution is 2.34. The first-order valence-electron chi connectivity index (χ1n) is 13.0. The van der Waals surface area contributed by atoms with Crippen molar-refractivity contribution in [1.82, 2.24) is 25.2 Å². The molecule has 204 valence electrons. The van der Waals surface area contributed by atoms with Gasteiger partial charge in [-0.15, -0.1) is 11.3 Å². The molecule has 2 amide bonds. The van der Waals surface area contributed by atoms with Crippen LogP contribution in [0.25, 0.3) is 0 Å². The van der Waals surface area contributed by atoms with E-state index in [1.54, 1.807) is 17.2 Å². The lowest BCUT2D eigenvalue weighted by atomic mass is 9.88. The maximum atomic E-state index is 13.2. The number of aryl methyl sites for hydroxylation is 1. The molecule has 0 bridgehead atoms. The average molecular weight is 548 g/mol. The summed E-state index contributed by atoms with van der Waals surface area (Å²) in [7, 11) is 1.36. The summed E-state index contributed by atoms with van der Waals surface area (Å²) in [6, 6.07) is 6.50. The predicted octanol–water partition coefficient (Wildman–Crippen LogP) is 4.65. The number of carbonyl (C=O) groups excluding carboxylic acids is 2. The molecular weight excluding hydrogens is 515 g/mol. The summed E-state index contributed by atoms with van der Waals surface area (Å²) in [5.41, 5.74) is 3.31. The molecule has 3 heterocycles. The Hall–Kier alpha value is -2.92. The molecule has 2 unspecified atom stereocenters. The number of hydrazine groups is 1. The number of piperidine rings is 1. The van der Waals surface area contributed by atoms with Crippen LogP contribution in [0.4, 0.5) is 13.2 Å². The highest BCUT2D eigenvalue weighted by Gasteiger charge is 2.46. The predicted molar refractivity (Wildman–Crippen MR) is 138 cm³/mol. The number of halogens is 3. The highest BCUT2D eigenvalue weighted by atomic mass is 32.1. The topological polar surface area (TPSA) is 68.8 Å². The Labute approximate surface area is 224 Å². The Morgan fingerprint density at radius 1 is 1.16 bits per heavy atom. The van der Waals surface area contributed by atoms with Crippen LogP contribution >= 0.6 is 11.3 Å². The number of rotatable bonds is 5. The number of aromatic nitrogens is 1. The number of thiazole rings is 1. The number of hydrogen-bond acceptors (Lipinski definition) is 6. The Morgan fingerprint density at radius 3 is 2.61 bits per heavy atom. The number of alkyl halides is 3. The summed E-state index contributed by atoms with van der Waals surface area (Å²) in [5.74, 6) is -0.221. The van der Waals surface area contributed by atoms with Gasteiger partial charge in [0.05, 0.1) is 11.0 Å². The lowest BCUT2D eigenvalue weighted by Gasteiger charge is -2.36. The third-order valence-electron chi connectivity index (χ3n) is 7.84. The van der Waals surface area contributed by atoms with E-state index in [1.165, 1.54) is 34.5 Å². The van der Waals surface area contributed by atoms with E-state index < -0.39 is 12.2 Å². The fourth-order valence-corrected chi connectivity index (χ4v) is 6.65. The number of likely N-dealkylation sites (tertiary alicyclic amines) is 1. The van der Waals surface area contributed by atoms with E-state index in [4.69, 9.17) is 0 Å². The van der Waals surface area contributed by atoms with Crippen LogP contribution in [0.2, 0.25) is 0 Å². The molecule has 2 aromatic rings. The van der Waals surface area contributed by atoms with Crippen LogP contribution in [0.5, 0.6) is 0 Å². The van der Waals surface area contributed by atoms with Gasteiger partial charge in [-0.05, 0) is 56.2 Å². The summed E-state index contributed by atoms with van der Waals surface area (Å²) in [6.07, 6.45) is 1.13. The average Bonchev–Trinajstić information content (AvgIpc) is 3.50. The molecule has 1 aromatic heterocycles. The zero-order valence-electron chi connectivity index (χ0n) is 21.5. The van der Waals surface area contributed by atoms with Gasteiger partial charge in [0.15, 0.2) is 0 Å². The van der Waals surface area contributed by atoms with E-state index in [-0.39, 0.29) is 30.3 Å². The molecule has 1 saturated heterocycles. The summed E-state index contributed by atoms with van der Waals surface area (Å²) in [6.45, 7) is 2.48. The Bertz CT molecular complexity index is 1220. The second kappa shape index (κ2) is 10.7. The zero-order chi connectivity index (χ0) is 27.0. The van der Waals surface area contributed by atoms with Crippen molar-refractivity contribution in [3.63, 3.8) is 0 Å². The third-order valence-corrected chi connectivity index (χ3v) is 8.84. The fourth-order valence-electron chi connectivity index (χ4n) is 5.68. The van der Waals surface area contributed by atoms with Gasteiger partial charge in [-0.1, -0.05) is 24.3 Å². The van der Waals surface area contributed by atoms with Crippen molar-refractivity contribution in [1.29, 1.82) is 0 Å². The van der Waals surface area contributed by atoms with Crippen molar-refractivity contribution in [3.05, 3.63) is 63.2 Å². The molecular formula is C27H32F3N5O2S. The summed E-state index contributed by atoms with van der Waals surface area (Å²) in [4.78, 5) is 32.2. The van der Waals surface area contributed by atoms with Gasteiger partial charge >= 0.3 is 6.18 Å².